The third kappa shape index (κ3) is 3.89. The quantitative estimate of drug-likeness (QED) is 0.719. The Bertz CT molecular complexity index is 330. The Morgan fingerprint density at radius 1 is 1.33 bits per heavy atom. The summed E-state index contributed by atoms with van der Waals surface area (Å²) in [7, 11) is 0. The summed E-state index contributed by atoms with van der Waals surface area (Å²) >= 11 is 0. The molecular formula is C13H24N2O3. The van der Waals surface area contributed by atoms with Crippen LogP contribution in [0, 0.1) is 10.8 Å². The summed E-state index contributed by atoms with van der Waals surface area (Å²) in [6.45, 7) is 8.11. The zero-order valence-corrected chi connectivity index (χ0v) is 11.7. The van der Waals surface area contributed by atoms with Gasteiger partial charge in [-0.05, 0) is 23.7 Å². The largest absolute Gasteiger partial charge is 0.480 e. The van der Waals surface area contributed by atoms with Crippen LogP contribution in [0.5, 0.6) is 0 Å². The van der Waals surface area contributed by atoms with Crippen molar-refractivity contribution in [1.29, 1.82) is 0 Å². The lowest BCUT2D eigenvalue weighted by Crippen LogP contribution is -2.53. The highest BCUT2D eigenvalue weighted by Gasteiger charge is 2.34. The van der Waals surface area contributed by atoms with E-state index in [0.29, 0.717) is 6.54 Å². The number of carboxylic acid groups (broad SMARTS) is 1. The maximum atomic E-state index is 11.7. The maximum absolute atomic E-state index is 11.7. The van der Waals surface area contributed by atoms with E-state index in [1.165, 1.54) is 6.42 Å². The Morgan fingerprint density at radius 3 is 2.22 bits per heavy atom. The molecule has 1 rings (SSSR count). The molecule has 0 aromatic carbocycles. The molecule has 0 aromatic rings. The normalized spacial score (nSPS) is 19.6. The molecule has 1 unspecified atom stereocenters. The topological polar surface area (TPSA) is 78.4 Å². The molecule has 3 N–H and O–H groups in total. The molecule has 1 aliphatic rings. The van der Waals surface area contributed by atoms with E-state index in [4.69, 9.17) is 5.11 Å². The summed E-state index contributed by atoms with van der Waals surface area (Å²) in [5.41, 5.74) is -0.318. The third-order valence-electron chi connectivity index (χ3n) is 3.62. The van der Waals surface area contributed by atoms with Gasteiger partial charge in [-0.3, -0.25) is 0 Å². The molecule has 0 aliphatic heterocycles. The summed E-state index contributed by atoms with van der Waals surface area (Å²) in [6.07, 6.45) is 3.45. The van der Waals surface area contributed by atoms with Crippen LogP contribution in [-0.2, 0) is 4.79 Å². The molecule has 1 atom stereocenters. The zero-order chi connectivity index (χ0) is 14.0. The summed E-state index contributed by atoms with van der Waals surface area (Å²) in [5, 5.41) is 14.4. The first-order valence-electron chi connectivity index (χ1n) is 6.41. The molecule has 2 amide bonds. The van der Waals surface area contributed by atoms with Gasteiger partial charge >= 0.3 is 12.0 Å². The molecular weight excluding hydrogens is 232 g/mol. The zero-order valence-electron chi connectivity index (χ0n) is 11.7. The van der Waals surface area contributed by atoms with Gasteiger partial charge in [-0.1, -0.05) is 34.1 Å². The van der Waals surface area contributed by atoms with E-state index in [0.717, 1.165) is 12.8 Å². The minimum absolute atomic E-state index is 0.192. The average Bonchev–Trinajstić information content (AvgIpc) is 2.18. The maximum Gasteiger partial charge on any atom is 0.326 e. The summed E-state index contributed by atoms with van der Waals surface area (Å²) in [4.78, 5) is 22.8. The Hall–Kier alpha value is -1.26. The van der Waals surface area contributed by atoms with E-state index < -0.39 is 23.5 Å². The fourth-order valence-corrected chi connectivity index (χ4v) is 2.08. The van der Waals surface area contributed by atoms with E-state index >= 15 is 0 Å². The van der Waals surface area contributed by atoms with E-state index in [1.807, 2.05) is 0 Å². The molecule has 18 heavy (non-hydrogen) atoms. The highest BCUT2D eigenvalue weighted by molar-refractivity contribution is 5.83. The highest BCUT2D eigenvalue weighted by atomic mass is 16.4. The monoisotopic (exact) mass is 256 g/mol. The van der Waals surface area contributed by atoms with E-state index in [-0.39, 0.29) is 5.41 Å². The number of carbonyl (C=O) groups excluding carboxylic acids is 1. The van der Waals surface area contributed by atoms with Crippen LogP contribution in [0.25, 0.3) is 0 Å². The van der Waals surface area contributed by atoms with Crippen molar-refractivity contribution < 1.29 is 14.7 Å². The van der Waals surface area contributed by atoms with Crippen LogP contribution in [-0.4, -0.2) is 29.7 Å². The number of carbonyl (C=O) groups is 2. The Balaban J connectivity index is 2.44. The minimum Gasteiger partial charge on any atom is -0.480 e. The average molecular weight is 256 g/mol. The second kappa shape index (κ2) is 5.16. The van der Waals surface area contributed by atoms with Crippen LogP contribution in [0.2, 0.25) is 0 Å². The minimum atomic E-state index is -1.01. The molecule has 104 valence electrons. The van der Waals surface area contributed by atoms with Gasteiger partial charge in [0.05, 0.1) is 0 Å². The van der Waals surface area contributed by atoms with Gasteiger partial charge in [0.2, 0.25) is 0 Å². The number of aliphatic carboxylic acids is 1. The second-order valence-electron chi connectivity index (χ2n) is 6.63. The van der Waals surface area contributed by atoms with Crippen molar-refractivity contribution >= 4 is 12.0 Å². The summed E-state index contributed by atoms with van der Waals surface area (Å²) < 4.78 is 0. The fourth-order valence-electron chi connectivity index (χ4n) is 2.08. The van der Waals surface area contributed by atoms with Gasteiger partial charge in [0.1, 0.15) is 6.04 Å². The smallest absolute Gasteiger partial charge is 0.326 e. The SMILES string of the molecule is CC1(CNC(=O)NC(C(=O)O)C(C)(C)C)CCC1. The fraction of sp³-hybridized carbons (Fsp3) is 0.846. The highest BCUT2D eigenvalue weighted by Crippen LogP contribution is 2.39. The first-order valence-corrected chi connectivity index (χ1v) is 6.41. The number of nitrogens with one attached hydrogen (secondary N) is 2. The van der Waals surface area contributed by atoms with Crippen molar-refractivity contribution in [3.8, 4) is 0 Å². The Kier molecular flexibility index (Phi) is 4.24. The van der Waals surface area contributed by atoms with Crippen molar-refractivity contribution in [2.45, 2.75) is 53.0 Å². The van der Waals surface area contributed by atoms with Gasteiger partial charge in [-0.25, -0.2) is 9.59 Å². The molecule has 0 heterocycles. The molecule has 0 saturated heterocycles. The van der Waals surface area contributed by atoms with Crippen molar-refractivity contribution in [3.63, 3.8) is 0 Å². The van der Waals surface area contributed by atoms with E-state index in [2.05, 4.69) is 17.6 Å². The predicted octanol–water partition coefficient (Wildman–Crippen LogP) is 1.98. The Morgan fingerprint density at radius 2 is 1.89 bits per heavy atom. The molecule has 5 heteroatoms. The van der Waals surface area contributed by atoms with Crippen LogP contribution in [0.3, 0.4) is 0 Å². The van der Waals surface area contributed by atoms with Crippen LogP contribution >= 0.6 is 0 Å². The second-order valence-corrected chi connectivity index (χ2v) is 6.63. The molecule has 0 radical (unpaired) electrons. The van der Waals surface area contributed by atoms with Crippen molar-refractivity contribution in [2.24, 2.45) is 10.8 Å². The number of rotatable bonds is 4. The van der Waals surface area contributed by atoms with Crippen molar-refractivity contribution in [1.82, 2.24) is 10.6 Å². The Labute approximate surface area is 108 Å². The predicted molar refractivity (Wildman–Crippen MR) is 69.4 cm³/mol. The number of hydrogen-bond donors (Lipinski definition) is 3. The first kappa shape index (κ1) is 14.8. The van der Waals surface area contributed by atoms with Gasteiger partial charge in [-0.15, -0.1) is 0 Å². The standard InChI is InChI=1S/C13H24N2O3/c1-12(2,3)9(10(16)17)15-11(18)14-8-13(4)6-5-7-13/h9H,5-8H2,1-4H3,(H,16,17)(H2,14,15,18). The van der Waals surface area contributed by atoms with Gasteiger partial charge < -0.3 is 15.7 Å². The van der Waals surface area contributed by atoms with Gasteiger partial charge in [0.25, 0.3) is 0 Å². The van der Waals surface area contributed by atoms with Crippen LogP contribution in [0.1, 0.15) is 47.0 Å². The number of hydrogen-bond acceptors (Lipinski definition) is 2. The molecule has 1 aliphatic carbocycles. The number of amides is 2. The molecule has 1 fully saturated rings. The molecule has 0 spiro atoms. The summed E-state index contributed by atoms with van der Waals surface area (Å²) in [5.74, 6) is -1.01. The molecule has 5 nitrogen and oxygen atoms in total. The van der Waals surface area contributed by atoms with Crippen molar-refractivity contribution in [3.05, 3.63) is 0 Å². The first-order chi connectivity index (χ1) is 8.14. The summed E-state index contributed by atoms with van der Waals surface area (Å²) in [6, 6.07) is -1.28. The van der Waals surface area contributed by atoms with Crippen LogP contribution in [0.4, 0.5) is 4.79 Å². The van der Waals surface area contributed by atoms with Gasteiger partial charge in [0, 0.05) is 6.54 Å². The number of carboxylic acids is 1. The molecule has 0 bridgehead atoms. The van der Waals surface area contributed by atoms with Gasteiger partial charge in [0.15, 0.2) is 0 Å². The lowest BCUT2D eigenvalue weighted by Gasteiger charge is -2.38. The number of urea groups is 1. The van der Waals surface area contributed by atoms with Crippen LogP contribution < -0.4 is 10.6 Å². The molecule has 0 aromatic heterocycles. The molecule has 1 saturated carbocycles. The lowest BCUT2D eigenvalue weighted by atomic mass is 9.70. The van der Waals surface area contributed by atoms with E-state index in [1.54, 1.807) is 20.8 Å². The third-order valence-corrected chi connectivity index (χ3v) is 3.62. The van der Waals surface area contributed by atoms with Crippen LogP contribution in [0.15, 0.2) is 0 Å². The van der Waals surface area contributed by atoms with Crippen molar-refractivity contribution in [2.75, 3.05) is 6.54 Å². The lowest BCUT2D eigenvalue weighted by molar-refractivity contribution is -0.141. The van der Waals surface area contributed by atoms with E-state index in [9.17, 15) is 9.59 Å². The van der Waals surface area contributed by atoms with Gasteiger partial charge in [-0.2, -0.15) is 0 Å².